The van der Waals surface area contributed by atoms with Crippen LogP contribution in [0.3, 0.4) is 0 Å². The third-order valence-corrected chi connectivity index (χ3v) is 6.11. The Balaban J connectivity index is 1.80. The highest BCUT2D eigenvalue weighted by Gasteiger charge is 2.25. The zero-order valence-electron chi connectivity index (χ0n) is 18.0. The SMILES string of the molecule is CN[C@H]1CC[C@@H](N(C=O)Cc2cc(-c3ccc(N(C)C=O)cc3)ccc2OC)CC1. The van der Waals surface area contributed by atoms with E-state index < -0.39 is 0 Å². The van der Waals surface area contributed by atoms with Gasteiger partial charge in [0.2, 0.25) is 12.8 Å². The molecule has 1 aliphatic rings. The average Bonchev–Trinajstić information content (AvgIpc) is 2.82. The summed E-state index contributed by atoms with van der Waals surface area (Å²) in [5.41, 5.74) is 3.93. The third-order valence-electron chi connectivity index (χ3n) is 6.11. The van der Waals surface area contributed by atoms with Gasteiger partial charge in [-0.15, -0.1) is 0 Å². The minimum atomic E-state index is 0.263. The van der Waals surface area contributed by atoms with E-state index in [0.29, 0.717) is 12.6 Å². The number of rotatable bonds is 9. The molecule has 0 radical (unpaired) electrons. The van der Waals surface area contributed by atoms with E-state index in [1.165, 1.54) is 4.90 Å². The molecule has 2 aromatic rings. The molecule has 1 saturated carbocycles. The minimum absolute atomic E-state index is 0.263. The van der Waals surface area contributed by atoms with Gasteiger partial charge in [-0.25, -0.2) is 0 Å². The maximum atomic E-state index is 11.9. The first-order chi connectivity index (χ1) is 14.6. The van der Waals surface area contributed by atoms with Gasteiger partial charge in [0.15, 0.2) is 0 Å². The largest absolute Gasteiger partial charge is 0.496 e. The number of amides is 2. The first-order valence-electron chi connectivity index (χ1n) is 10.4. The van der Waals surface area contributed by atoms with Crippen LogP contribution in [0, 0.1) is 0 Å². The Hall–Kier alpha value is -2.86. The van der Waals surface area contributed by atoms with Crippen LogP contribution < -0.4 is 15.0 Å². The number of benzene rings is 2. The second kappa shape index (κ2) is 10.3. The molecule has 0 spiro atoms. The zero-order chi connectivity index (χ0) is 21.5. The lowest BCUT2D eigenvalue weighted by Crippen LogP contribution is -2.40. The molecule has 2 amide bonds. The molecule has 1 aliphatic carbocycles. The van der Waals surface area contributed by atoms with Crippen LogP contribution in [0.15, 0.2) is 42.5 Å². The van der Waals surface area contributed by atoms with Crippen LogP contribution in [0.1, 0.15) is 31.2 Å². The van der Waals surface area contributed by atoms with Crippen LogP contribution in [0.4, 0.5) is 5.69 Å². The molecular formula is C24H31N3O3. The fourth-order valence-electron chi connectivity index (χ4n) is 4.18. The van der Waals surface area contributed by atoms with E-state index >= 15 is 0 Å². The van der Waals surface area contributed by atoms with Crippen molar-refractivity contribution in [3.8, 4) is 16.9 Å². The number of methoxy groups -OCH3 is 1. The highest BCUT2D eigenvalue weighted by Crippen LogP contribution is 2.30. The van der Waals surface area contributed by atoms with Gasteiger partial charge >= 0.3 is 0 Å². The smallest absolute Gasteiger partial charge is 0.213 e. The number of ether oxygens (including phenoxy) is 1. The van der Waals surface area contributed by atoms with E-state index in [9.17, 15) is 9.59 Å². The number of hydrogen-bond donors (Lipinski definition) is 1. The Morgan fingerprint density at radius 2 is 1.67 bits per heavy atom. The lowest BCUT2D eigenvalue weighted by molar-refractivity contribution is -0.121. The standard InChI is InChI=1S/C24H31N3O3/c1-25-21-7-11-23(12-8-21)27(17-29)15-20-14-19(6-13-24(20)30-3)18-4-9-22(10-5-18)26(2)16-28/h4-6,9-10,13-14,16-17,21,23,25H,7-8,11-12,15H2,1-3H3/t21-,23+. The predicted octanol–water partition coefficient (Wildman–Crippen LogP) is 3.44. The van der Waals surface area contributed by atoms with Crippen LogP contribution in [-0.2, 0) is 16.1 Å². The fourth-order valence-corrected chi connectivity index (χ4v) is 4.18. The van der Waals surface area contributed by atoms with Gasteiger partial charge in [-0.2, -0.15) is 0 Å². The topological polar surface area (TPSA) is 61.9 Å². The van der Waals surface area contributed by atoms with Crippen LogP contribution in [0.25, 0.3) is 11.1 Å². The van der Waals surface area contributed by atoms with Gasteiger partial charge < -0.3 is 19.9 Å². The fraction of sp³-hybridized carbons (Fsp3) is 0.417. The molecule has 6 heteroatoms. The second-order valence-electron chi connectivity index (χ2n) is 7.86. The Morgan fingerprint density at radius 3 is 2.23 bits per heavy atom. The van der Waals surface area contributed by atoms with Crippen molar-refractivity contribution in [2.24, 2.45) is 0 Å². The van der Waals surface area contributed by atoms with Crippen molar-refractivity contribution < 1.29 is 14.3 Å². The van der Waals surface area contributed by atoms with E-state index in [1.807, 2.05) is 48.3 Å². The van der Waals surface area contributed by atoms with Gasteiger partial charge in [0.1, 0.15) is 5.75 Å². The number of nitrogens with zero attached hydrogens (tertiary/aromatic N) is 2. The summed E-state index contributed by atoms with van der Waals surface area (Å²) in [6.45, 7) is 0.529. The van der Waals surface area contributed by atoms with Gasteiger partial charge in [0.05, 0.1) is 7.11 Å². The Bertz CT molecular complexity index is 845. The Labute approximate surface area is 178 Å². The summed E-state index contributed by atoms with van der Waals surface area (Å²) < 4.78 is 5.57. The van der Waals surface area contributed by atoms with Gasteiger partial charge in [-0.1, -0.05) is 18.2 Å². The molecule has 160 valence electrons. The minimum Gasteiger partial charge on any atom is -0.496 e. The average molecular weight is 410 g/mol. The van der Waals surface area contributed by atoms with Crippen molar-refractivity contribution in [1.29, 1.82) is 0 Å². The monoisotopic (exact) mass is 409 g/mol. The molecule has 2 aromatic carbocycles. The number of hydrogen-bond acceptors (Lipinski definition) is 4. The Kier molecular flexibility index (Phi) is 7.46. The molecule has 1 fully saturated rings. The lowest BCUT2D eigenvalue weighted by atomic mass is 9.90. The molecule has 0 heterocycles. The molecular weight excluding hydrogens is 378 g/mol. The summed E-state index contributed by atoms with van der Waals surface area (Å²) in [6.07, 6.45) is 5.96. The normalized spacial score (nSPS) is 18.5. The summed E-state index contributed by atoms with van der Waals surface area (Å²) in [5.74, 6) is 0.784. The molecule has 0 bridgehead atoms. The first kappa shape index (κ1) is 21.8. The van der Waals surface area contributed by atoms with Crippen molar-refractivity contribution in [3.05, 3.63) is 48.0 Å². The number of nitrogens with one attached hydrogen (secondary N) is 1. The van der Waals surface area contributed by atoms with Gasteiger partial charge in [0.25, 0.3) is 0 Å². The number of anilines is 1. The summed E-state index contributed by atoms with van der Waals surface area (Å²) in [6, 6.07) is 14.7. The Morgan fingerprint density at radius 1 is 1.00 bits per heavy atom. The van der Waals surface area contributed by atoms with Crippen molar-refractivity contribution in [1.82, 2.24) is 10.2 Å². The molecule has 0 atom stereocenters. The van der Waals surface area contributed by atoms with Crippen LogP contribution in [0.5, 0.6) is 5.75 Å². The number of carbonyl (C=O) groups is 2. The second-order valence-corrected chi connectivity index (χ2v) is 7.86. The van der Waals surface area contributed by atoms with Crippen LogP contribution in [-0.4, -0.2) is 51.0 Å². The summed E-state index contributed by atoms with van der Waals surface area (Å²) >= 11 is 0. The van der Waals surface area contributed by atoms with Gasteiger partial charge in [-0.3, -0.25) is 9.59 Å². The molecule has 3 rings (SSSR count). The molecule has 30 heavy (non-hydrogen) atoms. The third kappa shape index (κ3) is 5.00. The van der Waals surface area contributed by atoms with E-state index in [-0.39, 0.29) is 6.04 Å². The summed E-state index contributed by atoms with van der Waals surface area (Å²) in [5, 5.41) is 3.34. The van der Waals surface area contributed by atoms with Crippen molar-refractivity contribution in [3.63, 3.8) is 0 Å². The molecule has 0 saturated heterocycles. The highest BCUT2D eigenvalue weighted by molar-refractivity contribution is 5.76. The maximum Gasteiger partial charge on any atom is 0.213 e. The van der Waals surface area contributed by atoms with Crippen molar-refractivity contribution >= 4 is 18.5 Å². The molecule has 0 unspecified atom stereocenters. The van der Waals surface area contributed by atoms with Gasteiger partial charge in [-0.05, 0) is 68.1 Å². The van der Waals surface area contributed by atoms with Crippen molar-refractivity contribution in [2.75, 3.05) is 26.1 Å². The maximum absolute atomic E-state index is 11.9. The summed E-state index contributed by atoms with van der Waals surface area (Å²) in [7, 11) is 5.39. The quantitative estimate of drug-likeness (QED) is 0.645. The van der Waals surface area contributed by atoms with Crippen LogP contribution >= 0.6 is 0 Å². The lowest BCUT2D eigenvalue weighted by Gasteiger charge is -2.35. The molecule has 0 aromatic heterocycles. The number of carbonyl (C=O) groups excluding carboxylic acids is 2. The molecule has 1 N–H and O–H groups in total. The van der Waals surface area contributed by atoms with E-state index in [2.05, 4.69) is 11.4 Å². The van der Waals surface area contributed by atoms with E-state index in [0.717, 1.165) is 66.6 Å². The summed E-state index contributed by atoms with van der Waals surface area (Å²) in [4.78, 5) is 26.3. The molecule has 0 aliphatic heterocycles. The van der Waals surface area contributed by atoms with Crippen LogP contribution in [0.2, 0.25) is 0 Å². The van der Waals surface area contributed by atoms with Gasteiger partial charge in [0, 0.05) is 36.9 Å². The molecule has 6 nitrogen and oxygen atoms in total. The first-order valence-corrected chi connectivity index (χ1v) is 10.4. The van der Waals surface area contributed by atoms with E-state index in [4.69, 9.17) is 4.74 Å². The highest BCUT2D eigenvalue weighted by atomic mass is 16.5. The zero-order valence-corrected chi connectivity index (χ0v) is 18.0. The predicted molar refractivity (Wildman–Crippen MR) is 120 cm³/mol. The van der Waals surface area contributed by atoms with E-state index in [1.54, 1.807) is 14.2 Å². The van der Waals surface area contributed by atoms with Crippen molar-refractivity contribution in [2.45, 2.75) is 44.3 Å².